The first-order valence-corrected chi connectivity index (χ1v) is 13.8. The van der Waals surface area contributed by atoms with Crippen molar-refractivity contribution in [1.82, 2.24) is 5.32 Å². The Kier molecular flexibility index (Phi) is 6.14. The lowest BCUT2D eigenvalue weighted by Crippen LogP contribution is -2.68. The molecule has 7 nitrogen and oxygen atoms in total. The first kappa shape index (κ1) is 27.2. The summed E-state index contributed by atoms with van der Waals surface area (Å²) in [6.07, 6.45) is -0.379. The Balaban J connectivity index is 1.45. The van der Waals surface area contributed by atoms with Gasteiger partial charge in [-0.3, -0.25) is 9.59 Å². The molecule has 1 spiro atoms. The van der Waals surface area contributed by atoms with E-state index in [2.05, 4.69) is 19.4 Å². The number of ether oxygens (including phenoxy) is 2. The molecule has 0 radical (unpaired) electrons. The summed E-state index contributed by atoms with van der Waals surface area (Å²) < 4.78 is 55.3. The number of carbonyl (C=O) groups excluding carboxylic acids is 2. The van der Waals surface area contributed by atoms with Crippen LogP contribution in [-0.2, 0) is 19.1 Å². The average molecular weight is 560 g/mol. The third kappa shape index (κ3) is 4.06. The van der Waals surface area contributed by atoms with Crippen LogP contribution in [0.1, 0.15) is 44.6 Å². The minimum Gasteiger partial charge on any atom is -0.427 e. The monoisotopic (exact) mass is 559 g/mol. The van der Waals surface area contributed by atoms with Gasteiger partial charge in [0.05, 0.1) is 32.8 Å². The second kappa shape index (κ2) is 9.03. The predicted octanol–water partition coefficient (Wildman–Crippen LogP) is 4.00. The van der Waals surface area contributed by atoms with Crippen LogP contribution in [0.5, 0.6) is 0 Å². The van der Waals surface area contributed by atoms with Crippen molar-refractivity contribution < 1.29 is 41.8 Å². The molecule has 3 fully saturated rings. The molecule has 10 heteroatoms. The number of halogens is 3. The minimum atomic E-state index is -4.99. The van der Waals surface area contributed by atoms with Crippen molar-refractivity contribution in [1.29, 1.82) is 0 Å². The summed E-state index contributed by atoms with van der Waals surface area (Å²) >= 11 is 0. The number of benzene rings is 1. The quantitative estimate of drug-likeness (QED) is 0.252. The molecule has 3 aliphatic carbocycles. The van der Waals surface area contributed by atoms with Gasteiger partial charge < -0.3 is 24.4 Å². The number of hydrogen-bond donors (Lipinski definition) is 2. The summed E-state index contributed by atoms with van der Waals surface area (Å²) in [6.45, 7) is 2.11. The molecular formula is C30H34F3N2O5+. The lowest BCUT2D eigenvalue weighted by Gasteiger charge is -2.60. The molecule has 1 aromatic carbocycles. The van der Waals surface area contributed by atoms with Gasteiger partial charge in [0, 0.05) is 42.7 Å². The van der Waals surface area contributed by atoms with Gasteiger partial charge in [0.1, 0.15) is 17.4 Å². The lowest BCUT2D eigenvalue weighted by atomic mass is 9.50. The molecule has 2 aliphatic heterocycles. The van der Waals surface area contributed by atoms with Gasteiger partial charge in [-0.25, -0.2) is 0 Å². The van der Waals surface area contributed by atoms with Crippen LogP contribution in [0.3, 0.4) is 0 Å². The number of hydrogen-bond acceptors (Lipinski definition) is 5. The van der Waals surface area contributed by atoms with Gasteiger partial charge in [-0.2, -0.15) is 13.2 Å². The molecule has 1 saturated carbocycles. The van der Waals surface area contributed by atoms with Crippen LogP contribution in [0.15, 0.2) is 58.9 Å². The number of alkyl halides is 3. The molecule has 0 aromatic heterocycles. The van der Waals surface area contributed by atoms with Gasteiger partial charge in [0.2, 0.25) is 0 Å². The molecule has 1 amide bonds. The van der Waals surface area contributed by atoms with Crippen molar-refractivity contribution in [2.45, 2.75) is 69.2 Å². The molecule has 214 valence electrons. The standard InChI is InChI=1S/C30H33F3N2O5/c1-17(36)39-23-16-29(38,34-27(37)21(30(31,32)33)14-18-8-5-4-6-9-18)26-25-19(23)15-22-20-10-7-11-24(40-26)28(20,25)12-13-35(22,2)3/h4-6,8-9,14,16,20,22,24,26,38H,7,10-13,15H2,1-3H3/p+1/t20-,22+,24-,26?,28+,29?/m0/s1. The van der Waals surface area contributed by atoms with E-state index >= 15 is 0 Å². The summed E-state index contributed by atoms with van der Waals surface area (Å²) in [7, 11) is 4.40. The highest BCUT2D eigenvalue weighted by atomic mass is 19.4. The van der Waals surface area contributed by atoms with Crippen molar-refractivity contribution in [3.8, 4) is 0 Å². The Morgan fingerprint density at radius 3 is 2.60 bits per heavy atom. The van der Waals surface area contributed by atoms with Gasteiger partial charge in [-0.1, -0.05) is 36.8 Å². The van der Waals surface area contributed by atoms with E-state index in [0.29, 0.717) is 6.42 Å². The van der Waals surface area contributed by atoms with Crippen LogP contribution in [0.2, 0.25) is 0 Å². The van der Waals surface area contributed by atoms with E-state index < -0.39 is 40.9 Å². The number of aliphatic hydroxyl groups is 1. The Labute approximate surface area is 230 Å². The van der Waals surface area contributed by atoms with E-state index in [0.717, 1.165) is 60.0 Å². The topological polar surface area (TPSA) is 84.9 Å². The zero-order valence-corrected chi connectivity index (χ0v) is 22.8. The highest BCUT2D eigenvalue weighted by Gasteiger charge is 2.71. The largest absolute Gasteiger partial charge is 0.427 e. The molecule has 2 saturated heterocycles. The molecule has 40 heavy (non-hydrogen) atoms. The summed E-state index contributed by atoms with van der Waals surface area (Å²) in [5.74, 6) is -1.78. The summed E-state index contributed by atoms with van der Waals surface area (Å²) in [5, 5.41) is 14.2. The summed E-state index contributed by atoms with van der Waals surface area (Å²) in [5.41, 5.74) is -2.51. The lowest BCUT2D eigenvalue weighted by molar-refractivity contribution is -0.928. The van der Waals surface area contributed by atoms with Gasteiger partial charge in [-0.05, 0) is 30.1 Å². The number of likely N-dealkylation sites (tertiary alicyclic amines) is 1. The molecule has 6 rings (SSSR count). The first-order valence-electron chi connectivity index (χ1n) is 13.8. The minimum absolute atomic E-state index is 0.0849. The van der Waals surface area contributed by atoms with Crippen LogP contribution < -0.4 is 5.32 Å². The van der Waals surface area contributed by atoms with Gasteiger partial charge in [0.25, 0.3) is 5.91 Å². The number of nitrogens with one attached hydrogen (secondary N) is 1. The maximum Gasteiger partial charge on any atom is 0.421 e. The highest BCUT2D eigenvalue weighted by molar-refractivity contribution is 5.99. The third-order valence-corrected chi connectivity index (χ3v) is 9.76. The predicted molar refractivity (Wildman–Crippen MR) is 139 cm³/mol. The van der Waals surface area contributed by atoms with Gasteiger partial charge in [0.15, 0.2) is 5.72 Å². The fourth-order valence-corrected chi connectivity index (χ4v) is 8.12. The number of carbonyl (C=O) groups is 2. The fourth-order valence-electron chi connectivity index (χ4n) is 8.12. The van der Waals surface area contributed by atoms with Crippen molar-refractivity contribution in [3.63, 3.8) is 0 Å². The van der Waals surface area contributed by atoms with Gasteiger partial charge in [-0.15, -0.1) is 0 Å². The first-order chi connectivity index (χ1) is 18.8. The molecule has 2 N–H and O–H groups in total. The maximum atomic E-state index is 14.1. The Hall–Kier alpha value is -2.95. The van der Waals surface area contributed by atoms with Crippen LogP contribution in [0.4, 0.5) is 13.2 Å². The van der Waals surface area contributed by atoms with Gasteiger partial charge >= 0.3 is 12.1 Å². The van der Waals surface area contributed by atoms with Crippen LogP contribution >= 0.6 is 0 Å². The van der Waals surface area contributed by atoms with Crippen molar-refractivity contribution in [3.05, 3.63) is 64.4 Å². The Morgan fingerprint density at radius 1 is 1.20 bits per heavy atom. The maximum absolute atomic E-state index is 14.1. The van der Waals surface area contributed by atoms with E-state index in [4.69, 9.17) is 9.47 Å². The number of nitrogens with zero attached hydrogens (tertiary/aromatic N) is 1. The van der Waals surface area contributed by atoms with E-state index in [1.165, 1.54) is 19.1 Å². The smallest absolute Gasteiger partial charge is 0.421 e. The molecule has 6 atom stereocenters. The van der Waals surface area contributed by atoms with E-state index in [9.17, 15) is 27.9 Å². The van der Waals surface area contributed by atoms with Crippen molar-refractivity contribution in [2.75, 3.05) is 20.6 Å². The third-order valence-electron chi connectivity index (χ3n) is 9.76. The summed E-state index contributed by atoms with van der Waals surface area (Å²) in [6, 6.07) is 7.94. The zero-order valence-electron chi connectivity index (χ0n) is 22.8. The molecule has 2 bridgehead atoms. The SMILES string of the molecule is CC(=O)OC1=CC(O)(NC(=O)C(=Cc2ccccc2)C(F)(F)F)C2O[C@H]3CCC[C@H]4[C@H]5CC1=C2[C@@]34CC[N+]5(C)C. The zero-order chi connectivity index (χ0) is 28.7. The van der Waals surface area contributed by atoms with E-state index in [1.54, 1.807) is 18.2 Å². The molecule has 2 heterocycles. The average Bonchev–Trinajstić information content (AvgIpc) is 3.21. The number of piperidine rings is 1. The van der Waals surface area contributed by atoms with Crippen molar-refractivity contribution in [2.24, 2.45) is 11.3 Å². The Morgan fingerprint density at radius 2 is 1.93 bits per heavy atom. The number of allylic oxidation sites excluding steroid dienone is 1. The van der Waals surface area contributed by atoms with Crippen LogP contribution in [0.25, 0.3) is 6.08 Å². The second-order valence-corrected chi connectivity index (χ2v) is 12.3. The Bertz CT molecular complexity index is 1350. The van der Waals surface area contributed by atoms with Crippen molar-refractivity contribution >= 4 is 18.0 Å². The molecular weight excluding hydrogens is 525 g/mol. The molecule has 2 unspecified atom stereocenters. The van der Waals surface area contributed by atoms with Crippen LogP contribution in [0, 0.1) is 11.3 Å². The number of quaternary nitrogens is 1. The highest BCUT2D eigenvalue weighted by Crippen LogP contribution is 2.67. The van der Waals surface area contributed by atoms with E-state index in [-0.39, 0.29) is 29.4 Å². The molecule has 5 aliphatic rings. The second-order valence-electron chi connectivity index (χ2n) is 12.3. The molecule has 1 aromatic rings. The normalized spacial score (nSPS) is 36.0. The number of esters is 1. The summed E-state index contributed by atoms with van der Waals surface area (Å²) in [4.78, 5) is 25.4. The number of amides is 1. The van der Waals surface area contributed by atoms with Crippen LogP contribution in [-0.4, -0.2) is 72.3 Å². The number of rotatable bonds is 4. The van der Waals surface area contributed by atoms with E-state index in [1.807, 2.05) is 0 Å². The fraction of sp³-hybridized carbons (Fsp3) is 0.533.